The van der Waals surface area contributed by atoms with Crippen LogP contribution in [0.4, 0.5) is 0 Å². The predicted octanol–water partition coefficient (Wildman–Crippen LogP) is 14.7. The minimum Gasteiger partial charge on any atom is -0.457 e. The Morgan fingerprint density at radius 2 is 0.565 bits per heavy atom. The first kappa shape index (κ1) is 66.4. The van der Waals surface area contributed by atoms with Gasteiger partial charge in [-0.2, -0.15) is 0 Å². The highest BCUT2D eigenvalue weighted by Crippen LogP contribution is 2.29. The molecular formula is C69H66O14S2. The van der Waals surface area contributed by atoms with Crippen molar-refractivity contribution in [2.24, 2.45) is 0 Å². The van der Waals surface area contributed by atoms with Crippen LogP contribution < -0.4 is 9.47 Å². The van der Waals surface area contributed by atoms with Crippen LogP contribution in [0.25, 0.3) is 0 Å². The number of carbonyl (C=O) groups excluding carboxylic acids is 8. The molecule has 8 aromatic rings. The second kappa shape index (κ2) is 29.7. The maximum Gasteiger partial charge on any atom is 0.193 e. The van der Waals surface area contributed by atoms with E-state index in [1.165, 1.54) is 96.1 Å². The van der Waals surface area contributed by atoms with Gasteiger partial charge in [0.15, 0.2) is 71.0 Å². The molecule has 0 aliphatic carbocycles. The summed E-state index contributed by atoms with van der Waals surface area (Å²) in [6.07, 6.45) is 0.724. The van der Waals surface area contributed by atoms with Crippen molar-refractivity contribution in [2.75, 3.05) is 5.08 Å². The van der Waals surface area contributed by atoms with Crippen molar-refractivity contribution in [1.82, 2.24) is 0 Å². The van der Waals surface area contributed by atoms with E-state index < -0.39 is 24.8 Å². The van der Waals surface area contributed by atoms with Crippen molar-refractivity contribution in [3.63, 3.8) is 0 Å². The van der Waals surface area contributed by atoms with Crippen molar-refractivity contribution in [2.45, 2.75) is 92.4 Å². The van der Waals surface area contributed by atoms with Gasteiger partial charge in [-0.1, -0.05) is 71.8 Å². The van der Waals surface area contributed by atoms with Crippen LogP contribution in [0.3, 0.4) is 0 Å². The third-order valence-electron chi connectivity index (χ3n) is 12.8. The fraction of sp³-hybridized carbons (Fsp3) is 0.188. The fourth-order valence-electron chi connectivity index (χ4n) is 8.03. The van der Waals surface area contributed by atoms with Crippen LogP contribution in [-0.2, 0) is 26.1 Å². The molecule has 0 aliphatic rings. The number of ketones is 8. The van der Waals surface area contributed by atoms with E-state index in [-0.39, 0.29) is 67.6 Å². The van der Waals surface area contributed by atoms with Gasteiger partial charge in [0, 0.05) is 44.5 Å². The van der Waals surface area contributed by atoms with Crippen LogP contribution in [0.15, 0.2) is 186 Å². The molecule has 0 heterocycles. The highest BCUT2D eigenvalue weighted by atomic mass is 32.3. The highest BCUT2D eigenvalue weighted by molar-refractivity contribution is 8.08. The number of hydrogen-bond donors (Lipinski definition) is 0. The zero-order chi connectivity index (χ0) is 62.9. The van der Waals surface area contributed by atoms with E-state index in [4.69, 9.17) is 9.47 Å². The Balaban J connectivity index is 0.000000219. The van der Waals surface area contributed by atoms with Crippen LogP contribution >= 0.6 is 0 Å². The summed E-state index contributed by atoms with van der Waals surface area (Å²) in [5, 5.41) is -1.06. The average molecular weight is 1180 g/mol. The predicted molar refractivity (Wildman–Crippen MR) is 328 cm³/mol. The zero-order valence-electron chi connectivity index (χ0n) is 49.2. The molecule has 14 nitrogen and oxygen atoms in total. The smallest absolute Gasteiger partial charge is 0.193 e. The molecule has 0 radical (unpaired) electrons. The molecule has 0 aliphatic heterocycles. The molecule has 438 valence electrons. The Kier molecular flexibility index (Phi) is 23.2. The number of carbonyl (C=O) groups is 8. The van der Waals surface area contributed by atoms with E-state index in [0.29, 0.717) is 44.9 Å². The Morgan fingerprint density at radius 3 is 0.871 bits per heavy atom. The van der Waals surface area contributed by atoms with Gasteiger partial charge in [-0.05, 0) is 215 Å². The lowest BCUT2D eigenvalue weighted by Crippen LogP contribution is -2.17. The Bertz CT molecular complexity index is 3910. The van der Waals surface area contributed by atoms with E-state index in [9.17, 15) is 55.2 Å². The van der Waals surface area contributed by atoms with Crippen LogP contribution in [0.5, 0.6) is 23.0 Å². The maximum absolute atomic E-state index is 12.7. The van der Waals surface area contributed by atoms with E-state index >= 15 is 0 Å². The maximum atomic E-state index is 12.7. The van der Waals surface area contributed by atoms with E-state index in [1.54, 1.807) is 69.3 Å². The molecule has 0 bridgehead atoms. The Morgan fingerprint density at radius 1 is 0.294 bits per heavy atom. The summed E-state index contributed by atoms with van der Waals surface area (Å²) in [5.74, 6) is 1.12. The van der Waals surface area contributed by atoms with E-state index in [1.807, 2.05) is 86.6 Å². The minimum absolute atomic E-state index is 0.00815. The number of Topliss-reactive ketones (excluding diaryl/α,β-unsaturated/α-hetero) is 8. The van der Waals surface area contributed by atoms with Crippen LogP contribution in [0.2, 0.25) is 0 Å². The largest absolute Gasteiger partial charge is 0.457 e. The molecule has 0 spiro atoms. The molecule has 16 heteroatoms. The summed E-state index contributed by atoms with van der Waals surface area (Å²) >= 11 is 0. The third-order valence-corrected chi connectivity index (χ3v) is 17.2. The van der Waals surface area contributed by atoms with Gasteiger partial charge in [0.25, 0.3) is 0 Å². The van der Waals surface area contributed by atoms with Crippen molar-refractivity contribution >= 4 is 65.9 Å². The first-order chi connectivity index (χ1) is 39.9. The lowest BCUT2D eigenvalue weighted by atomic mass is 9.99. The first-order valence-corrected chi connectivity index (χ1v) is 29.9. The highest BCUT2D eigenvalue weighted by Gasteiger charge is 2.26. The number of benzene rings is 8. The number of aryl methyl sites for hydroxylation is 3. The molecule has 8 rings (SSSR count). The van der Waals surface area contributed by atoms with Gasteiger partial charge in [0.05, 0.1) is 9.79 Å². The van der Waals surface area contributed by atoms with Crippen LogP contribution in [0.1, 0.15) is 166 Å². The second-order valence-electron chi connectivity index (χ2n) is 20.3. The topological polar surface area (TPSA) is 223 Å². The molecule has 0 saturated carbocycles. The summed E-state index contributed by atoms with van der Waals surface area (Å²) in [4.78, 5) is 91.0. The van der Waals surface area contributed by atoms with E-state index in [2.05, 4.69) is 0 Å². The summed E-state index contributed by atoms with van der Waals surface area (Å²) in [6.45, 7) is 17.5. The summed E-state index contributed by atoms with van der Waals surface area (Å²) in [5.41, 5.74) is 9.29. The first-order valence-electron chi connectivity index (χ1n) is 26.6. The number of hydrogen-bond acceptors (Lipinski definition) is 14. The average Bonchev–Trinajstić information content (AvgIpc) is 3.57. The fourth-order valence-corrected chi connectivity index (χ4v) is 11.9. The monoisotopic (exact) mass is 1180 g/mol. The molecule has 85 heavy (non-hydrogen) atoms. The second-order valence-corrected chi connectivity index (χ2v) is 24.6. The third kappa shape index (κ3) is 20.5. The lowest BCUT2D eigenvalue weighted by molar-refractivity contribution is 0.0997. The number of sulfone groups is 2. The molecule has 0 fully saturated rings. The molecule has 0 atom stereocenters. The zero-order valence-corrected chi connectivity index (χ0v) is 50.8. The van der Waals surface area contributed by atoms with Gasteiger partial charge in [-0.25, -0.2) is 16.8 Å². The van der Waals surface area contributed by atoms with E-state index in [0.717, 1.165) is 45.4 Å². The van der Waals surface area contributed by atoms with Crippen LogP contribution in [-0.4, -0.2) is 68.2 Å². The molecule has 0 saturated heterocycles. The summed E-state index contributed by atoms with van der Waals surface area (Å²) in [6, 6.07) is 48.5. The molecule has 8 aromatic carbocycles. The lowest BCUT2D eigenvalue weighted by Gasteiger charge is -2.10. The van der Waals surface area contributed by atoms with Crippen molar-refractivity contribution < 1.29 is 64.7 Å². The standard InChI is InChI=1S/C24H22O7S2.C17H16O3.C17H16O2.C11H12O2/c1-16-4-8-23(9-5-16)32(27,28)15-33(29,30)24-10-6-21(7-11-24)31-22-13-19(17(2)25)12-20(14-22)18(3)26;1-11-4-6-16(7-5-11)20-17-9-14(12(2)18)8-15(10-17)13(3)19;1-12(18)16-7-3-5-14(10-16)9-15-6-4-8-17(11-15)13(2)19;1-7-4-10(8(2)12)6-11(5-7)9(3)13/h4-14H,15H2,1-3H3;4-10H,1-3H3;3-8,10-11H,9H2,1-2H3;4-6H,1-3H3. The minimum atomic E-state index is -4.13. The Labute approximate surface area is 496 Å². The van der Waals surface area contributed by atoms with Gasteiger partial charge >= 0.3 is 0 Å². The van der Waals surface area contributed by atoms with Gasteiger partial charge in [0.1, 0.15) is 23.0 Å². The van der Waals surface area contributed by atoms with Gasteiger partial charge < -0.3 is 9.47 Å². The normalized spacial score (nSPS) is 10.7. The van der Waals surface area contributed by atoms with Gasteiger partial charge in [-0.3, -0.25) is 38.4 Å². The van der Waals surface area contributed by atoms with Gasteiger partial charge in [0.2, 0.25) is 0 Å². The molecular weight excluding hydrogens is 1120 g/mol. The Hall–Kier alpha value is -9.38. The quantitative estimate of drug-likeness (QED) is 0.0729. The van der Waals surface area contributed by atoms with Crippen molar-refractivity contribution in [3.05, 3.63) is 248 Å². The van der Waals surface area contributed by atoms with Gasteiger partial charge in [-0.15, -0.1) is 0 Å². The molecule has 0 N–H and O–H groups in total. The summed E-state index contributed by atoms with van der Waals surface area (Å²) < 4.78 is 61.9. The summed E-state index contributed by atoms with van der Waals surface area (Å²) in [7, 11) is -8.19. The van der Waals surface area contributed by atoms with Crippen molar-refractivity contribution in [3.8, 4) is 23.0 Å². The number of rotatable bonds is 18. The van der Waals surface area contributed by atoms with Crippen molar-refractivity contribution in [1.29, 1.82) is 0 Å². The number of ether oxygens (including phenoxy) is 2. The molecule has 0 amide bonds. The van der Waals surface area contributed by atoms with Crippen LogP contribution in [0, 0.1) is 20.8 Å². The molecule has 0 unspecified atom stereocenters. The SMILES string of the molecule is CC(=O)c1cc(C)cc(C(C)=O)c1.CC(=O)c1cc(Oc2ccc(C)cc2)cc(C(C)=O)c1.CC(=O)c1cc(Oc2ccc(S(=O)(=O)CS(=O)(=O)c3ccc(C)cc3)cc2)cc(C(C)=O)c1.CC(=O)c1cccc(Cc2cccc(C(C)=O)c2)c1. The molecule has 0 aromatic heterocycles.